The number of H-pyrrole nitrogens is 1. The monoisotopic (exact) mass is 137 g/mol. The SMILES string of the molecule is N#Cc1cn[nH]c1C(=O)O. The van der Waals surface area contributed by atoms with Crippen molar-refractivity contribution in [1.29, 1.82) is 5.26 Å². The second-order valence-corrected chi connectivity index (χ2v) is 1.58. The van der Waals surface area contributed by atoms with Gasteiger partial charge in [-0.25, -0.2) is 4.79 Å². The number of hydrogen-bond acceptors (Lipinski definition) is 3. The molecule has 0 amide bonds. The molecule has 2 N–H and O–H groups in total. The van der Waals surface area contributed by atoms with Gasteiger partial charge in [-0.2, -0.15) is 10.4 Å². The predicted octanol–water partition coefficient (Wildman–Crippen LogP) is -0.0204. The van der Waals surface area contributed by atoms with Crippen LogP contribution in [0.25, 0.3) is 0 Å². The number of carbonyl (C=O) groups is 1. The zero-order chi connectivity index (χ0) is 7.56. The summed E-state index contributed by atoms with van der Waals surface area (Å²) in [6, 6.07) is 1.68. The van der Waals surface area contributed by atoms with Crippen LogP contribution in [-0.4, -0.2) is 21.3 Å². The molecular formula is C5H3N3O2. The second-order valence-electron chi connectivity index (χ2n) is 1.58. The summed E-state index contributed by atoms with van der Waals surface area (Å²) in [4.78, 5) is 10.2. The Morgan fingerprint density at radius 2 is 2.60 bits per heavy atom. The van der Waals surface area contributed by atoms with Crippen molar-refractivity contribution < 1.29 is 9.90 Å². The van der Waals surface area contributed by atoms with Gasteiger partial charge in [-0.15, -0.1) is 0 Å². The number of aromatic amines is 1. The average Bonchev–Trinajstić information content (AvgIpc) is 2.33. The van der Waals surface area contributed by atoms with Gasteiger partial charge in [-0.3, -0.25) is 5.10 Å². The van der Waals surface area contributed by atoms with Crippen LogP contribution in [0.4, 0.5) is 0 Å². The van der Waals surface area contributed by atoms with Gasteiger partial charge in [0, 0.05) is 0 Å². The molecule has 0 unspecified atom stereocenters. The fraction of sp³-hybridized carbons (Fsp3) is 0. The molecule has 0 saturated heterocycles. The number of aromatic nitrogens is 2. The Kier molecular flexibility index (Phi) is 1.38. The van der Waals surface area contributed by atoms with Gasteiger partial charge in [-0.05, 0) is 0 Å². The molecule has 5 nitrogen and oxygen atoms in total. The molecule has 1 heterocycles. The third-order valence-electron chi connectivity index (χ3n) is 0.974. The highest BCUT2D eigenvalue weighted by atomic mass is 16.4. The van der Waals surface area contributed by atoms with E-state index in [1.54, 1.807) is 6.07 Å². The number of hydrogen-bond donors (Lipinski definition) is 2. The van der Waals surface area contributed by atoms with Crippen LogP contribution in [-0.2, 0) is 0 Å². The Morgan fingerprint density at radius 1 is 1.90 bits per heavy atom. The number of carboxylic acids is 1. The lowest BCUT2D eigenvalue weighted by Crippen LogP contribution is -1.98. The summed E-state index contributed by atoms with van der Waals surface area (Å²) in [6.07, 6.45) is 1.17. The number of nitrogens with one attached hydrogen (secondary N) is 1. The summed E-state index contributed by atoms with van der Waals surface area (Å²) in [5.41, 5.74) is -0.116. The van der Waals surface area contributed by atoms with Gasteiger partial charge in [-0.1, -0.05) is 0 Å². The summed E-state index contributed by atoms with van der Waals surface area (Å²) in [5, 5.41) is 22.2. The predicted molar refractivity (Wildman–Crippen MR) is 30.3 cm³/mol. The fourth-order valence-corrected chi connectivity index (χ4v) is 0.534. The second kappa shape index (κ2) is 2.19. The van der Waals surface area contributed by atoms with E-state index in [0.29, 0.717) is 0 Å². The Labute approximate surface area is 55.9 Å². The summed E-state index contributed by atoms with van der Waals surface area (Å²) in [6.45, 7) is 0. The van der Waals surface area contributed by atoms with Crippen molar-refractivity contribution in [2.24, 2.45) is 0 Å². The van der Waals surface area contributed by atoms with Crippen LogP contribution in [0.15, 0.2) is 6.20 Å². The van der Waals surface area contributed by atoms with E-state index in [0.717, 1.165) is 0 Å². The summed E-state index contributed by atoms with van der Waals surface area (Å²) < 4.78 is 0. The molecule has 0 aliphatic heterocycles. The summed E-state index contributed by atoms with van der Waals surface area (Å²) in [5.74, 6) is -1.17. The molecule has 1 rings (SSSR count). The van der Waals surface area contributed by atoms with Crippen molar-refractivity contribution in [3.8, 4) is 6.07 Å². The van der Waals surface area contributed by atoms with Gasteiger partial charge < -0.3 is 5.11 Å². The minimum absolute atomic E-state index is 0.0486. The van der Waals surface area contributed by atoms with Crippen molar-refractivity contribution in [1.82, 2.24) is 10.2 Å². The lowest BCUT2D eigenvalue weighted by atomic mass is 10.3. The van der Waals surface area contributed by atoms with E-state index in [-0.39, 0.29) is 11.3 Å². The van der Waals surface area contributed by atoms with E-state index >= 15 is 0 Å². The zero-order valence-electron chi connectivity index (χ0n) is 4.83. The largest absolute Gasteiger partial charge is 0.476 e. The highest BCUT2D eigenvalue weighted by Gasteiger charge is 2.10. The van der Waals surface area contributed by atoms with Gasteiger partial charge >= 0.3 is 5.97 Å². The minimum Gasteiger partial charge on any atom is -0.476 e. The molecule has 0 aliphatic carbocycles. The number of carboxylic acid groups (broad SMARTS) is 1. The van der Waals surface area contributed by atoms with Crippen LogP contribution >= 0.6 is 0 Å². The number of aromatic carboxylic acids is 1. The molecule has 50 valence electrons. The van der Waals surface area contributed by atoms with Crippen molar-refractivity contribution in [3.63, 3.8) is 0 Å². The van der Waals surface area contributed by atoms with E-state index in [2.05, 4.69) is 10.2 Å². The van der Waals surface area contributed by atoms with Crippen LogP contribution in [0.1, 0.15) is 16.1 Å². The molecule has 0 saturated carbocycles. The van der Waals surface area contributed by atoms with Crippen LogP contribution in [0.5, 0.6) is 0 Å². The van der Waals surface area contributed by atoms with Crippen LogP contribution < -0.4 is 0 Å². The Morgan fingerprint density at radius 3 is 3.00 bits per heavy atom. The minimum atomic E-state index is -1.17. The molecule has 0 radical (unpaired) electrons. The first-order valence-electron chi connectivity index (χ1n) is 2.42. The molecule has 1 aromatic rings. The van der Waals surface area contributed by atoms with Gasteiger partial charge in [0.1, 0.15) is 11.6 Å². The van der Waals surface area contributed by atoms with Crippen molar-refractivity contribution in [2.45, 2.75) is 0 Å². The van der Waals surface area contributed by atoms with Gasteiger partial charge in [0.15, 0.2) is 5.69 Å². The van der Waals surface area contributed by atoms with E-state index in [4.69, 9.17) is 10.4 Å². The number of nitriles is 1. The summed E-state index contributed by atoms with van der Waals surface area (Å²) in [7, 11) is 0. The zero-order valence-corrected chi connectivity index (χ0v) is 4.83. The number of rotatable bonds is 1. The maximum atomic E-state index is 10.2. The van der Waals surface area contributed by atoms with Crippen molar-refractivity contribution in [2.75, 3.05) is 0 Å². The smallest absolute Gasteiger partial charge is 0.355 e. The van der Waals surface area contributed by atoms with E-state index in [9.17, 15) is 4.79 Å². The van der Waals surface area contributed by atoms with Crippen LogP contribution in [0.3, 0.4) is 0 Å². The lowest BCUT2D eigenvalue weighted by molar-refractivity contribution is 0.0690. The van der Waals surface area contributed by atoms with E-state index < -0.39 is 5.97 Å². The molecule has 0 aliphatic rings. The molecule has 10 heavy (non-hydrogen) atoms. The first-order valence-corrected chi connectivity index (χ1v) is 2.42. The molecule has 5 heteroatoms. The molecule has 0 fully saturated rings. The topological polar surface area (TPSA) is 89.8 Å². The number of nitrogens with zero attached hydrogens (tertiary/aromatic N) is 2. The fourth-order valence-electron chi connectivity index (χ4n) is 0.534. The highest BCUT2D eigenvalue weighted by Crippen LogP contribution is 2.00. The molecular weight excluding hydrogens is 134 g/mol. The van der Waals surface area contributed by atoms with Crippen molar-refractivity contribution >= 4 is 5.97 Å². The van der Waals surface area contributed by atoms with Gasteiger partial charge in [0.2, 0.25) is 0 Å². The third kappa shape index (κ3) is 0.821. The van der Waals surface area contributed by atoms with Crippen LogP contribution in [0.2, 0.25) is 0 Å². The van der Waals surface area contributed by atoms with E-state index in [1.807, 2.05) is 0 Å². The molecule has 0 bridgehead atoms. The lowest BCUT2D eigenvalue weighted by Gasteiger charge is -1.83. The van der Waals surface area contributed by atoms with Gasteiger partial charge in [0.25, 0.3) is 0 Å². The first-order chi connectivity index (χ1) is 4.75. The molecule has 1 aromatic heterocycles. The van der Waals surface area contributed by atoms with Crippen molar-refractivity contribution in [3.05, 3.63) is 17.5 Å². The molecule has 0 atom stereocenters. The molecule has 0 aromatic carbocycles. The summed E-state index contributed by atoms with van der Waals surface area (Å²) >= 11 is 0. The quantitative estimate of drug-likeness (QED) is 0.569. The Bertz CT molecular complexity index is 296. The highest BCUT2D eigenvalue weighted by molar-refractivity contribution is 5.87. The average molecular weight is 137 g/mol. The van der Waals surface area contributed by atoms with Gasteiger partial charge in [0.05, 0.1) is 6.20 Å². The Hall–Kier alpha value is -1.83. The Balaban J connectivity index is 3.17. The van der Waals surface area contributed by atoms with Crippen LogP contribution in [0, 0.1) is 11.3 Å². The normalized spacial score (nSPS) is 8.70. The first kappa shape index (κ1) is 6.29. The maximum absolute atomic E-state index is 10.2. The maximum Gasteiger partial charge on any atom is 0.355 e. The third-order valence-corrected chi connectivity index (χ3v) is 0.974. The molecule has 0 spiro atoms. The van der Waals surface area contributed by atoms with E-state index in [1.165, 1.54) is 6.20 Å². The standard InChI is InChI=1S/C5H3N3O2/c6-1-3-2-7-8-4(3)5(9)10/h2H,(H,7,8)(H,9,10).